The molecule has 1 fully saturated rings. The lowest BCUT2D eigenvalue weighted by Gasteiger charge is -2.34. The molecular weight excluding hydrogens is 340 g/mol. The molecule has 4 rings (SSSR count). The quantitative estimate of drug-likeness (QED) is 0.530. The molecular formula is C22H20N2O3. The monoisotopic (exact) mass is 360 g/mol. The maximum absolute atomic E-state index is 13.1. The summed E-state index contributed by atoms with van der Waals surface area (Å²) in [6, 6.07) is 12.1. The number of rotatable bonds is 3. The van der Waals surface area contributed by atoms with E-state index in [1.54, 1.807) is 48.5 Å². The minimum absolute atomic E-state index is 0.150. The molecule has 2 aliphatic rings. The summed E-state index contributed by atoms with van der Waals surface area (Å²) in [7, 11) is 2.05. The summed E-state index contributed by atoms with van der Waals surface area (Å²) >= 11 is 0. The van der Waals surface area contributed by atoms with Crippen LogP contribution in [-0.2, 0) is 4.79 Å². The van der Waals surface area contributed by atoms with Crippen molar-refractivity contribution in [2.24, 2.45) is 0 Å². The minimum Gasteiger partial charge on any atom is -0.366 e. The van der Waals surface area contributed by atoms with Gasteiger partial charge in [0.25, 0.3) is 0 Å². The second-order valence-corrected chi connectivity index (χ2v) is 6.95. The van der Waals surface area contributed by atoms with E-state index in [4.69, 9.17) is 0 Å². The number of ketones is 2. The van der Waals surface area contributed by atoms with Crippen LogP contribution in [0, 0.1) is 0 Å². The molecule has 0 radical (unpaired) electrons. The lowest BCUT2D eigenvalue weighted by atomic mass is 9.81. The number of hydrogen-bond donors (Lipinski definition) is 0. The van der Waals surface area contributed by atoms with E-state index >= 15 is 0 Å². The number of fused-ring (bicyclic) bond motifs is 2. The highest BCUT2D eigenvalue weighted by atomic mass is 16.1. The normalized spacial score (nSPS) is 17.5. The van der Waals surface area contributed by atoms with Gasteiger partial charge in [0.15, 0.2) is 17.9 Å². The van der Waals surface area contributed by atoms with Crippen LogP contribution in [0.5, 0.6) is 0 Å². The Morgan fingerprint density at radius 3 is 2.15 bits per heavy atom. The topological polar surface area (TPSA) is 57.7 Å². The van der Waals surface area contributed by atoms with Gasteiger partial charge in [-0.2, -0.15) is 0 Å². The third kappa shape index (κ3) is 3.00. The fourth-order valence-electron chi connectivity index (χ4n) is 3.72. The molecule has 1 aliphatic carbocycles. The van der Waals surface area contributed by atoms with Crippen molar-refractivity contribution in [2.45, 2.75) is 0 Å². The molecule has 0 bridgehead atoms. The van der Waals surface area contributed by atoms with Crippen molar-refractivity contribution >= 4 is 23.9 Å². The van der Waals surface area contributed by atoms with Crippen molar-refractivity contribution in [3.05, 3.63) is 76.0 Å². The van der Waals surface area contributed by atoms with Gasteiger partial charge in [-0.05, 0) is 18.7 Å². The number of allylic oxidation sites excluding steroid dienone is 1. The number of aldehydes is 1. The number of carbonyl (C=O) groups excluding carboxylic acids is 3. The van der Waals surface area contributed by atoms with Crippen LogP contribution in [0.15, 0.2) is 48.2 Å². The summed E-state index contributed by atoms with van der Waals surface area (Å²) < 4.78 is 0. The molecule has 0 spiro atoms. The second kappa shape index (κ2) is 6.93. The van der Waals surface area contributed by atoms with Gasteiger partial charge in [-0.15, -0.1) is 0 Å². The summed E-state index contributed by atoms with van der Waals surface area (Å²) in [5, 5.41) is 0. The highest BCUT2D eigenvalue weighted by molar-refractivity contribution is 6.29. The maximum atomic E-state index is 13.1. The Bertz CT molecular complexity index is 969. The van der Waals surface area contributed by atoms with Crippen LogP contribution < -0.4 is 0 Å². The van der Waals surface area contributed by atoms with Crippen molar-refractivity contribution in [1.29, 1.82) is 0 Å². The highest BCUT2D eigenvalue weighted by Crippen LogP contribution is 2.30. The number of nitrogens with zero attached hydrogens (tertiary/aromatic N) is 2. The molecule has 5 heteroatoms. The maximum Gasteiger partial charge on any atom is 0.195 e. The van der Waals surface area contributed by atoms with Crippen molar-refractivity contribution in [1.82, 2.24) is 9.80 Å². The van der Waals surface area contributed by atoms with Crippen LogP contribution in [0.1, 0.15) is 37.4 Å². The van der Waals surface area contributed by atoms with Crippen LogP contribution in [0.3, 0.4) is 0 Å². The number of piperazine rings is 1. The first-order valence-electron chi connectivity index (χ1n) is 9.02. The molecule has 0 N–H and O–H groups in total. The Kier molecular flexibility index (Phi) is 4.46. The Balaban J connectivity index is 1.79. The van der Waals surface area contributed by atoms with Crippen LogP contribution in [-0.4, -0.2) is 60.9 Å². The van der Waals surface area contributed by atoms with E-state index in [1.807, 2.05) is 4.90 Å². The third-order valence-corrected chi connectivity index (χ3v) is 5.28. The van der Waals surface area contributed by atoms with Crippen LogP contribution in [0.2, 0.25) is 0 Å². The fraction of sp³-hybridized carbons (Fsp3) is 0.227. The third-order valence-electron chi connectivity index (χ3n) is 5.28. The van der Waals surface area contributed by atoms with Crippen molar-refractivity contribution in [2.75, 3.05) is 33.2 Å². The molecule has 0 amide bonds. The number of hydrogen-bond acceptors (Lipinski definition) is 5. The van der Waals surface area contributed by atoms with Gasteiger partial charge in [0.05, 0.1) is 5.70 Å². The Labute approximate surface area is 157 Å². The molecule has 0 aromatic heterocycles. The first-order chi connectivity index (χ1) is 13.1. The Morgan fingerprint density at radius 1 is 0.852 bits per heavy atom. The highest BCUT2D eigenvalue weighted by Gasteiger charge is 2.31. The largest absolute Gasteiger partial charge is 0.366 e. The molecule has 0 unspecified atom stereocenters. The standard InChI is InChI=1S/C22H20N2O3/c1-23-9-11-24(12-10-23)16(14-25)13-15-5-4-8-19-20(15)22(27)18-7-3-2-6-17(18)21(19)26/h2-8,13-14H,9-12H2,1H3. The summed E-state index contributed by atoms with van der Waals surface area (Å²) in [5.41, 5.74) is 2.79. The SMILES string of the molecule is CN1CCN(C(C=O)=Cc2cccc3c2C(=O)c2ccccc2C3=O)CC1. The molecule has 1 heterocycles. The zero-order chi connectivity index (χ0) is 19.0. The van der Waals surface area contributed by atoms with E-state index < -0.39 is 0 Å². The molecule has 5 nitrogen and oxygen atoms in total. The van der Waals surface area contributed by atoms with Crippen molar-refractivity contribution in [3.8, 4) is 0 Å². The molecule has 2 aromatic rings. The molecule has 0 saturated carbocycles. The average molecular weight is 360 g/mol. The van der Waals surface area contributed by atoms with Crippen LogP contribution in [0.25, 0.3) is 6.08 Å². The molecule has 0 atom stereocenters. The summed E-state index contributed by atoms with van der Waals surface area (Å²) in [5.74, 6) is -0.321. The zero-order valence-corrected chi connectivity index (χ0v) is 15.1. The fourth-order valence-corrected chi connectivity index (χ4v) is 3.72. The predicted octanol–water partition coefficient (Wildman–Crippen LogP) is 2.25. The number of benzene rings is 2. The Hall–Kier alpha value is -3.05. The van der Waals surface area contributed by atoms with E-state index in [-0.39, 0.29) is 11.6 Å². The minimum atomic E-state index is -0.171. The van der Waals surface area contributed by atoms with Gasteiger partial charge >= 0.3 is 0 Å². The van der Waals surface area contributed by atoms with E-state index in [2.05, 4.69) is 11.9 Å². The second-order valence-electron chi connectivity index (χ2n) is 6.95. The van der Waals surface area contributed by atoms with Crippen molar-refractivity contribution < 1.29 is 14.4 Å². The van der Waals surface area contributed by atoms with Gasteiger partial charge in [0.1, 0.15) is 0 Å². The average Bonchev–Trinajstić information content (AvgIpc) is 2.71. The molecule has 1 saturated heterocycles. The van der Waals surface area contributed by atoms with Gasteiger partial charge in [-0.1, -0.05) is 42.5 Å². The lowest BCUT2D eigenvalue weighted by molar-refractivity contribution is -0.106. The van der Waals surface area contributed by atoms with Crippen molar-refractivity contribution in [3.63, 3.8) is 0 Å². The first kappa shape index (κ1) is 17.4. The van der Waals surface area contributed by atoms with E-state index in [1.165, 1.54) is 0 Å². The summed E-state index contributed by atoms with van der Waals surface area (Å²) in [4.78, 5) is 41.9. The Morgan fingerprint density at radius 2 is 1.48 bits per heavy atom. The zero-order valence-electron chi connectivity index (χ0n) is 15.1. The smallest absolute Gasteiger partial charge is 0.195 e. The van der Waals surface area contributed by atoms with Crippen LogP contribution >= 0.6 is 0 Å². The summed E-state index contributed by atoms with van der Waals surface area (Å²) in [6.45, 7) is 3.27. The molecule has 27 heavy (non-hydrogen) atoms. The summed E-state index contributed by atoms with van der Waals surface area (Å²) in [6.07, 6.45) is 2.56. The van der Waals surface area contributed by atoms with E-state index in [0.29, 0.717) is 33.5 Å². The lowest BCUT2D eigenvalue weighted by Crippen LogP contribution is -2.44. The van der Waals surface area contributed by atoms with Crippen LogP contribution in [0.4, 0.5) is 0 Å². The predicted molar refractivity (Wildman–Crippen MR) is 103 cm³/mol. The van der Waals surface area contributed by atoms with E-state index in [9.17, 15) is 14.4 Å². The van der Waals surface area contributed by atoms with Gasteiger partial charge < -0.3 is 9.80 Å². The van der Waals surface area contributed by atoms with Gasteiger partial charge in [-0.3, -0.25) is 14.4 Å². The molecule has 1 aliphatic heterocycles. The molecule has 2 aromatic carbocycles. The van der Waals surface area contributed by atoms with Gasteiger partial charge in [0, 0.05) is 48.4 Å². The van der Waals surface area contributed by atoms with Gasteiger partial charge in [-0.25, -0.2) is 0 Å². The number of carbonyl (C=O) groups is 3. The van der Waals surface area contributed by atoms with E-state index in [0.717, 1.165) is 32.5 Å². The molecule has 136 valence electrons. The number of likely N-dealkylation sites (N-methyl/N-ethyl adjacent to an activating group) is 1. The first-order valence-corrected chi connectivity index (χ1v) is 9.02. The van der Waals surface area contributed by atoms with Gasteiger partial charge in [0.2, 0.25) is 0 Å².